The zero-order valence-corrected chi connectivity index (χ0v) is 11.8. The first-order valence-corrected chi connectivity index (χ1v) is 7.40. The lowest BCUT2D eigenvalue weighted by Crippen LogP contribution is -2.51. The molecular formula is C13H19N3O2S. The lowest BCUT2D eigenvalue weighted by molar-refractivity contribution is -0.119. The third-order valence-electron chi connectivity index (χ3n) is 3.14. The molecule has 0 saturated carbocycles. The number of hydrogen-bond acceptors (Lipinski definition) is 3. The van der Waals surface area contributed by atoms with E-state index in [1.54, 1.807) is 16.2 Å². The number of urea groups is 1. The molecule has 2 heterocycles. The molecule has 0 spiro atoms. The molecule has 19 heavy (non-hydrogen) atoms. The fourth-order valence-corrected chi connectivity index (χ4v) is 2.92. The van der Waals surface area contributed by atoms with Crippen LogP contribution >= 0.6 is 11.3 Å². The first-order valence-electron chi connectivity index (χ1n) is 6.46. The summed E-state index contributed by atoms with van der Waals surface area (Å²) in [4.78, 5) is 24.8. The van der Waals surface area contributed by atoms with Crippen LogP contribution < -0.4 is 10.6 Å². The Morgan fingerprint density at radius 3 is 3.05 bits per heavy atom. The van der Waals surface area contributed by atoms with Crippen molar-refractivity contribution in [1.29, 1.82) is 0 Å². The summed E-state index contributed by atoms with van der Waals surface area (Å²) in [5.41, 5.74) is 1.12. The van der Waals surface area contributed by atoms with Crippen LogP contribution in [0.1, 0.15) is 25.3 Å². The van der Waals surface area contributed by atoms with Crippen LogP contribution in [0.15, 0.2) is 16.8 Å². The molecule has 6 heteroatoms. The van der Waals surface area contributed by atoms with E-state index >= 15 is 0 Å². The highest BCUT2D eigenvalue weighted by Crippen LogP contribution is 2.11. The van der Waals surface area contributed by atoms with E-state index in [-0.39, 0.29) is 18.0 Å². The number of amides is 3. The van der Waals surface area contributed by atoms with E-state index in [0.29, 0.717) is 13.1 Å². The Hall–Kier alpha value is -1.56. The Labute approximate surface area is 117 Å². The van der Waals surface area contributed by atoms with Gasteiger partial charge in [-0.25, -0.2) is 4.79 Å². The first-order chi connectivity index (χ1) is 9.15. The summed E-state index contributed by atoms with van der Waals surface area (Å²) >= 11 is 1.62. The van der Waals surface area contributed by atoms with E-state index in [1.165, 1.54) is 6.92 Å². The minimum atomic E-state index is -0.0544. The standard InChI is InChI=1S/C13H19N3O2S/c1-10(17)15-12-3-2-5-16(8-12)13(18)14-7-11-4-6-19-9-11/h4,6,9,12H,2-3,5,7-8H2,1H3,(H,14,18)(H,15,17). The van der Waals surface area contributed by atoms with Crippen molar-refractivity contribution in [1.82, 2.24) is 15.5 Å². The number of nitrogens with zero attached hydrogens (tertiary/aromatic N) is 1. The third-order valence-corrected chi connectivity index (χ3v) is 3.87. The Morgan fingerprint density at radius 2 is 2.37 bits per heavy atom. The molecule has 1 aliphatic rings. The molecule has 0 aromatic carbocycles. The molecule has 1 aromatic rings. The number of thiophene rings is 1. The molecule has 2 N–H and O–H groups in total. The van der Waals surface area contributed by atoms with Crippen LogP contribution in [0.25, 0.3) is 0 Å². The molecule has 1 atom stereocenters. The molecule has 0 radical (unpaired) electrons. The molecule has 0 bridgehead atoms. The maximum atomic E-state index is 12.0. The van der Waals surface area contributed by atoms with Gasteiger partial charge in [0, 0.05) is 32.6 Å². The van der Waals surface area contributed by atoms with Crippen LogP contribution in [0.3, 0.4) is 0 Å². The van der Waals surface area contributed by atoms with Crippen molar-refractivity contribution in [2.75, 3.05) is 13.1 Å². The number of carbonyl (C=O) groups is 2. The van der Waals surface area contributed by atoms with E-state index in [2.05, 4.69) is 10.6 Å². The van der Waals surface area contributed by atoms with Gasteiger partial charge in [-0.1, -0.05) is 0 Å². The molecule has 2 rings (SSSR count). The highest BCUT2D eigenvalue weighted by Gasteiger charge is 2.23. The van der Waals surface area contributed by atoms with Crippen molar-refractivity contribution in [2.24, 2.45) is 0 Å². The van der Waals surface area contributed by atoms with Crippen LogP contribution in [-0.2, 0) is 11.3 Å². The van der Waals surface area contributed by atoms with E-state index in [1.807, 2.05) is 16.8 Å². The zero-order valence-electron chi connectivity index (χ0n) is 11.0. The van der Waals surface area contributed by atoms with Gasteiger partial charge in [0.05, 0.1) is 0 Å². The molecule has 1 aliphatic heterocycles. The maximum absolute atomic E-state index is 12.0. The van der Waals surface area contributed by atoms with Crippen molar-refractivity contribution in [2.45, 2.75) is 32.4 Å². The van der Waals surface area contributed by atoms with Crippen LogP contribution in [0.2, 0.25) is 0 Å². The van der Waals surface area contributed by atoms with Crippen molar-refractivity contribution in [3.63, 3.8) is 0 Å². The van der Waals surface area contributed by atoms with Gasteiger partial charge in [0.25, 0.3) is 0 Å². The van der Waals surface area contributed by atoms with Gasteiger partial charge < -0.3 is 15.5 Å². The van der Waals surface area contributed by atoms with Crippen molar-refractivity contribution in [3.8, 4) is 0 Å². The van der Waals surface area contributed by atoms with Crippen LogP contribution in [-0.4, -0.2) is 36.0 Å². The van der Waals surface area contributed by atoms with E-state index in [9.17, 15) is 9.59 Å². The SMILES string of the molecule is CC(=O)NC1CCCN(C(=O)NCc2ccsc2)C1. The lowest BCUT2D eigenvalue weighted by Gasteiger charge is -2.33. The molecule has 5 nitrogen and oxygen atoms in total. The summed E-state index contributed by atoms with van der Waals surface area (Å²) in [5.74, 6) is -0.0365. The topological polar surface area (TPSA) is 61.4 Å². The van der Waals surface area contributed by atoms with E-state index < -0.39 is 0 Å². The second-order valence-corrected chi connectivity index (χ2v) is 5.56. The van der Waals surface area contributed by atoms with Crippen molar-refractivity contribution < 1.29 is 9.59 Å². The molecule has 1 aromatic heterocycles. The predicted octanol–water partition coefficient (Wildman–Crippen LogP) is 1.56. The summed E-state index contributed by atoms with van der Waals surface area (Å²) < 4.78 is 0. The van der Waals surface area contributed by atoms with Gasteiger partial charge in [-0.3, -0.25) is 4.79 Å². The molecule has 0 aliphatic carbocycles. The minimum Gasteiger partial charge on any atom is -0.352 e. The fraction of sp³-hybridized carbons (Fsp3) is 0.538. The average Bonchev–Trinajstić information content (AvgIpc) is 2.88. The number of likely N-dealkylation sites (tertiary alicyclic amines) is 1. The predicted molar refractivity (Wildman–Crippen MR) is 75.0 cm³/mol. The quantitative estimate of drug-likeness (QED) is 0.883. The molecule has 1 fully saturated rings. The minimum absolute atomic E-state index is 0.0365. The second-order valence-electron chi connectivity index (χ2n) is 4.78. The number of piperidine rings is 1. The largest absolute Gasteiger partial charge is 0.352 e. The molecule has 1 unspecified atom stereocenters. The smallest absolute Gasteiger partial charge is 0.317 e. The normalized spacial score (nSPS) is 19.0. The first kappa shape index (κ1) is 13.9. The summed E-state index contributed by atoms with van der Waals surface area (Å²) in [5, 5.41) is 9.81. The van der Waals surface area contributed by atoms with Gasteiger partial charge in [-0.15, -0.1) is 0 Å². The van der Waals surface area contributed by atoms with Gasteiger partial charge in [-0.05, 0) is 35.2 Å². The Bertz CT molecular complexity index is 433. The average molecular weight is 281 g/mol. The van der Waals surface area contributed by atoms with Crippen LogP contribution in [0, 0.1) is 0 Å². The van der Waals surface area contributed by atoms with Gasteiger partial charge in [0.2, 0.25) is 5.91 Å². The number of rotatable bonds is 3. The Balaban J connectivity index is 1.79. The van der Waals surface area contributed by atoms with Crippen molar-refractivity contribution in [3.05, 3.63) is 22.4 Å². The molecule has 1 saturated heterocycles. The molecule has 104 valence electrons. The fourth-order valence-electron chi connectivity index (χ4n) is 2.25. The zero-order chi connectivity index (χ0) is 13.7. The van der Waals surface area contributed by atoms with Crippen molar-refractivity contribution >= 4 is 23.3 Å². The van der Waals surface area contributed by atoms with Gasteiger partial charge in [0.1, 0.15) is 0 Å². The van der Waals surface area contributed by atoms with E-state index in [0.717, 1.165) is 24.9 Å². The highest BCUT2D eigenvalue weighted by atomic mass is 32.1. The number of carbonyl (C=O) groups excluding carboxylic acids is 2. The Morgan fingerprint density at radius 1 is 1.53 bits per heavy atom. The van der Waals surface area contributed by atoms with Crippen LogP contribution in [0.5, 0.6) is 0 Å². The van der Waals surface area contributed by atoms with E-state index in [4.69, 9.17) is 0 Å². The number of hydrogen-bond donors (Lipinski definition) is 2. The molecule has 3 amide bonds. The highest BCUT2D eigenvalue weighted by molar-refractivity contribution is 7.07. The second kappa shape index (κ2) is 6.56. The molecular weight excluding hydrogens is 262 g/mol. The number of nitrogens with one attached hydrogen (secondary N) is 2. The Kier molecular flexibility index (Phi) is 4.79. The lowest BCUT2D eigenvalue weighted by atomic mass is 10.1. The van der Waals surface area contributed by atoms with Gasteiger partial charge >= 0.3 is 6.03 Å². The van der Waals surface area contributed by atoms with Crippen LogP contribution in [0.4, 0.5) is 4.79 Å². The maximum Gasteiger partial charge on any atom is 0.317 e. The summed E-state index contributed by atoms with van der Waals surface area (Å²) in [6.07, 6.45) is 1.87. The third kappa shape index (κ3) is 4.24. The summed E-state index contributed by atoms with van der Waals surface area (Å²) in [7, 11) is 0. The summed E-state index contributed by atoms with van der Waals surface area (Å²) in [6.45, 7) is 3.42. The monoisotopic (exact) mass is 281 g/mol. The summed E-state index contributed by atoms with van der Waals surface area (Å²) in [6, 6.07) is 2.03. The van der Waals surface area contributed by atoms with Gasteiger partial charge in [0.15, 0.2) is 0 Å². The van der Waals surface area contributed by atoms with Gasteiger partial charge in [-0.2, -0.15) is 11.3 Å².